The Balaban J connectivity index is 1.01. The number of fused-ring (bicyclic) bond motifs is 1. The van der Waals surface area contributed by atoms with Gasteiger partial charge in [-0.15, -0.1) is 0 Å². The van der Waals surface area contributed by atoms with Gasteiger partial charge in [0.05, 0.1) is 30.8 Å². The van der Waals surface area contributed by atoms with Crippen LogP contribution in [0.25, 0.3) is 22.2 Å². The summed E-state index contributed by atoms with van der Waals surface area (Å²) >= 11 is 0. The number of nitrogens with zero attached hydrogens (tertiary/aromatic N) is 7. The van der Waals surface area contributed by atoms with Crippen LogP contribution < -0.4 is 10.9 Å². The first kappa shape index (κ1) is 31.0. The largest absolute Gasteiger partial charge is 0.463 e. The van der Waals surface area contributed by atoms with Gasteiger partial charge in [0, 0.05) is 25.3 Å². The van der Waals surface area contributed by atoms with Crippen molar-refractivity contribution < 1.29 is 28.3 Å². The summed E-state index contributed by atoms with van der Waals surface area (Å²) in [4.78, 5) is 53.3. The Bertz CT molecular complexity index is 1820. The van der Waals surface area contributed by atoms with Gasteiger partial charge >= 0.3 is 14.2 Å². The molecule has 5 unspecified atom stereocenters. The van der Waals surface area contributed by atoms with E-state index in [-0.39, 0.29) is 66.9 Å². The molecule has 1 saturated heterocycles. The Morgan fingerprint density at radius 3 is 2.87 bits per heavy atom. The number of ether oxygens (including phenoxy) is 2. The smallest absolute Gasteiger partial charge is 0.316 e. The molecule has 1 aliphatic carbocycles. The third-order valence-corrected chi connectivity index (χ3v) is 9.84. The van der Waals surface area contributed by atoms with Crippen molar-refractivity contribution in [2.45, 2.75) is 83.2 Å². The lowest BCUT2D eigenvalue weighted by molar-refractivity contribution is -0.149. The van der Waals surface area contributed by atoms with Gasteiger partial charge in [-0.3, -0.25) is 18.7 Å². The van der Waals surface area contributed by atoms with Crippen molar-refractivity contribution >= 4 is 42.2 Å². The van der Waals surface area contributed by atoms with E-state index in [0.29, 0.717) is 25.0 Å². The molecule has 2 aliphatic heterocycles. The van der Waals surface area contributed by atoms with Crippen LogP contribution in [0.2, 0.25) is 0 Å². The molecule has 246 valence electrons. The van der Waals surface area contributed by atoms with Gasteiger partial charge in [0.1, 0.15) is 37.0 Å². The van der Waals surface area contributed by atoms with Crippen LogP contribution in [0.1, 0.15) is 69.7 Å². The number of nitrogens with one attached hydrogen (secondary N) is 1. The van der Waals surface area contributed by atoms with Crippen LogP contribution in [0.4, 0.5) is 5.82 Å². The van der Waals surface area contributed by atoms with Crippen molar-refractivity contribution in [1.82, 2.24) is 33.6 Å². The van der Waals surface area contributed by atoms with Gasteiger partial charge in [0.25, 0.3) is 5.56 Å². The van der Waals surface area contributed by atoms with E-state index in [2.05, 4.69) is 36.0 Å². The number of hydrogen-bond acceptors (Lipinski definition) is 11. The fourth-order valence-electron chi connectivity index (χ4n) is 7.35. The maximum atomic E-state index is 13.2. The van der Waals surface area contributed by atoms with Crippen LogP contribution in [-0.2, 0) is 36.3 Å². The zero-order valence-corrected chi connectivity index (χ0v) is 26.7. The topological polar surface area (TPSA) is 178 Å². The number of aromatic nitrogens is 7. The summed E-state index contributed by atoms with van der Waals surface area (Å²) < 4.78 is 33.9. The Morgan fingerprint density at radius 2 is 2.02 bits per heavy atom. The number of esters is 1. The van der Waals surface area contributed by atoms with Crippen molar-refractivity contribution in [3.63, 3.8) is 0 Å². The molecule has 2 N–H and O–H groups in total. The summed E-state index contributed by atoms with van der Waals surface area (Å²) in [5.74, 6) is 0.295. The summed E-state index contributed by atoms with van der Waals surface area (Å²) in [5.41, 5.74) is 2.60. The van der Waals surface area contributed by atoms with Crippen molar-refractivity contribution in [2.75, 3.05) is 25.1 Å². The standard InChI is InChI=1S/C30H39N8O7P/c1-2-8-36-16-35-29-26(30(36)40)34-17-38(29)22-10-18(13-44-46(41)42)9-20(22)11-24(39)43-14-21-5-6-23(45-21)37-12-19-4-3-7-31-27-25(19)28(37)33-15-32-27/h12,15-18,20-23,46H,2-11,13-14H2,1H3,(H,41,42)(H,31,32,33)/t18?,20-,21?,22?,23?/m0/s1. The molecule has 1 saturated carbocycles. The Hall–Kier alpha value is -3.65. The second-order valence-electron chi connectivity index (χ2n) is 12.5. The van der Waals surface area contributed by atoms with Crippen molar-refractivity contribution in [2.24, 2.45) is 11.8 Å². The number of hydrogen-bond donors (Lipinski definition) is 2. The first-order valence-corrected chi connectivity index (χ1v) is 17.3. The monoisotopic (exact) mass is 654 g/mol. The minimum absolute atomic E-state index is 0.0538. The summed E-state index contributed by atoms with van der Waals surface area (Å²) in [6.45, 7) is 3.67. The van der Waals surface area contributed by atoms with Crippen molar-refractivity contribution in [3.05, 3.63) is 41.1 Å². The summed E-state index contributed by atoms with van der Waals surface area (Å²) in [6, 6.07) is -0.211. The molecule has 4 aromatic rings. The zero-order chi connectivity index (χ0) is 31.8. The molecule has 0 aromatic carbocycles. The molecule has 4 aromatic heterocycles. The number of rotatable bonds is 11. The maximum Gasteiger partial charge on any atom is 0.316 e. The molecule has 46 heavy (non-hydrogen) atoms. The van der Waals surface area contributed by atoms with Crippen LogP contribution >= 0.6 is 8.25 Å². The molecule has 0 amide bonds. The molecule has 2 fully saturated rings. The number of anilines is 1. The second-order valence-corrected chi connectivity index (χ2v) is 13.3. The minimum Gasteiger partial charge on any atom is -0.463 e. The molecule has 6 heterocycles. The number of carbonyl (C=O) groups excluding carboxylic acids is 1. The third kappa shape index (κ3) is 6.08. The van der Waals surface area contributed by atoms with E-state index in [9.17, 15) is 19.0 Å². The van der Waals surface area contributed by atoms with E-state index in [1.54, 1.807) is 17.2 Å². The Kier molecular flexibility index (Phi) is 8.90. The lowest BCUT2D eigenvalue weighted by Gasteiger charge is -2.21. The van der Waals surface area contributed by atoms with Crippen LogP contribution in [0.3, 0.4) is 0 Å². The molecule has 16 heteroatoms. The third-order valence-electron chi connectivity index (χ3n) is 9.43. The van der Waals surface area contributed by atoms with Gasteiger partial charge in [0.2, 0.25) is 0 Å². The Labute approximate surface area is 265 Å². The lowest BCUT2D eigenvalue weighted by atomic mass is 9.99. The predicted octanol–water partition coefficient (Wildman–Crippen LogP) is 3.38. The maximum absolute atomic E-state index is 13.2. The molecule has 0 radical (unpaired) electrons. The van der Waals surface area contributed by atoms with Gasteiger partial charge in [-0.05, 0) is 62.3 Å². The number of aryl methyl sites for hydroxylation is 2. The normalized spacial score (nSPS) is 25.1. The fraction of sp³-hybridized carbons (Fsp3) is 0.600. The molecular weight excluding hydrogens is 615 g/mol. The van der Waals surface area contributed by atoms with Crippen molar-refractivity contribution in [1.29, 1.82) is 0 Å². The van der Waals surface area contributed by atoms with E-state index in [0.717, 1.165) is 55.5 Å². The van der Waals surface area contributed by atoms with Gasteiger partial charge in [-0.1, -0.05) is 6.92 Å². The SMILES string of the molecule is CCCn1cnc2c(ncn2C2CC(CO[PH](=O)O)C[C@H]2CC(=O)OCC2CCC(n3cc4c5c(ncnc53)NCCC4)O2)c1=O. The van der Waals surface area contributed by atoms with Gasteiger partial charge in [-0.25, -0.2) is 19.9 Å². The van der Waals surface area contributed by atoms with Crippen molar-refractivity contribution in [3.8, 4) is 0 Å². The summed E-state index contributed by atoms with van der Waals surface area (Å²) in [6.07, 6.45) is 12.0. The van der Waals surface area contributed by atoms with E-state index in [1.807, 2.05) is 11.5 Å². The summed E-state index contributed by atoms with van der Waals surface area (Å²) in [7, 11) is -3.08. The number of carbonyl (C=O) groups is 1. The fourth-order valence-corrected chi connectivity index (χ4v) is 7.73. The van der Waals surface area contributed by atoms with Gasteiger partial charge in [0.15, 0.2) is 11.2 Å². The molecule has 15 nitrogen and oxygen atoms in total. The molecule has 0 spiro atoms. The highest BCUT2D eigenvalue weighted by Gasteiger charge is 2.39. The van der Waals surface area contributed by atoms with E-state index >= 15 is 0 Å². The van der Waals surface area contributed by atoms with Crippen LogP contribution in [0.15, 0.2) is 30.0 Å². The van der Waals surface area contributed by atoms with E-state index in [4.69, 9.17) is 14.0 Å². The number of imidazole rings is 1. The highest BCUT2D eigenvalue weighted by Crippen LogP contribution is 2.44. The molecular formula is C30H39N8O7P. The first-order valence-electron chi connectivity index (χ1n) is 16.1. The molecule has 3 aliphatic rings. The molecule has 7 rings (SSSR count). The average molecular weight is 655 g/mol. The van der Waals surface area contributed by atoms with Crippen LogP contribution in [0.5, 0.6) is 0 Å². The second kappa shape index (κ2) is 13.2. The van der Waals surface area contributed by atoms with Crippen LogP contribution in [-0.4, -0.2) is 70.4 Å². The quantitative estimate of drug-likeness (QED) is 0.178. The molecule has 0 bridgehead atoms. The Morgan fingerprint density at radius 1 is 1.13 bits per heavy atom. The predicted molar refractivity (Wildman–Crippen MR) is 168 cm³/mol. The van der Waals surface area contributed by atoms with E-state index < -0.39 is 8.25 Å². The van der Waals surface area contributed by atoms with E-state index in [1.165, 1.54) is 11.9 Å². The lowest BCUT2D eigenvalue weighted by Crippen LogP contribution is -2.23. The highest BCUT2D eigenvalue weighted by atomic mass is 31.1. The highest BCUT2D eigenvalue weighted by molar-refractivity contribution is 7.32. The van der Waals surface area contributed by atoms with Gasteiger partial charge < -0.3 is 33.3 Å². The molecule has 6 atom stereocenters. The minimum atomic E-state index is -3.08. The van der Waals surface area contributed by atoms with Crippen LogP contribution in [0, 0.1) is 11.8 Å². The zero-order valence-electron chi connectivity index (χ0n) is 25.7. The van der Waals surface area contributed by atoms with Gasteiger partial charge in [-0.2, -0.15) is 0 Å². The summed E-state index contributed by atoms with van der Waals surface area (Å²) in [5, 5.41) is 4.44. The first-order chi connectivity index (χ1) is 22.4. The average Bonchev–Trinajstić information content (AvgIpc) is 3.82.